The van der Waals surface area contributed by atoms with E-state index >= 15 is 0 Å². The van der Waals surface area contributed by atoms with Crippen molar-refractivity contribution in [3.63, 3.8) is 0 Å². The minimum atomic E-state index is -4.93. The Kier molecular flexibility index (Phi) is 6.88. The Hall–Kier alpha value is -2.55. The maximum Gasteiger partial charge on any atom is 0.416 e. The number of alkyl halides is 6. The molecule has 1 aliphatic heterocycles. The van der Waals surface area contributed by atoms with Crippen molar-refractivity contribution >= 4 is 5.91 Å². The summed E-state index contributed by atoms with van der Waals surface area (Å²) >= 11 is 0. The predicted octanol–water partition coefficient (Wildman–Crippen LogP) is 5.38. The van der Waals surface area contributed by atoms with Crippen molar-refractivity contribution in [3.05, 3.63) is 70.3 Å². The van der Waals surface area contributed by atoms with E-state index < -0.39 is 29.4 Å². The Bertz CT molecular complexity index is 920. The molecule has 1 fully saturated rings. The van der Waals surface area contributed by atoms with Crippen molar-refractivity contribution < 1.29 is 31.1 Å². The number of aryl methyl sites for hydroxylation is 1. The third kappa shape index (κ3) is 5.62. The first-order valence-corrected chi connectivity index (χ1v) is 10.2. The van der Waals surface area contributed by atoms with Gasteiger partial charge in [0.15, 0.2) is 0 Å². The second kappa shape index (κ2) is 9.13. The number of benzene rings is 2. The number of carbonyl (C=O) groups excluding carboxylic acids is 1. The molecular weight excluding hydrogens is 434 g/mol. The van der Waals surface area contributed by atoms with Gasteiger partial charge in [0.05, 0.1) is 11.1 Å². The summed E-state index contributed by atoms with van der Waals surface area (Å²) in [5.74, 6) is -0.855. The first-order valence-electron chi connectivity index (χ1n) is 10.2. The maximum absolute atomic E-state index is 13.2. The molecule has 2 atom stereocenters. The molecule has 2 aromatic rings. The van der Waals surface area contributed by atoms with Crippen molar-refractivity contribution in [3.8, 4) is 0 Å². The van der Waals surface area contributed by atoms with Gasteiger partial charge in [-0.2, -0.15) is 26.3 Å². The van der Waals surface area contributed by atoms with E-state index in [1.54, 1.807) is 0 Å². The number of nitrogens with one attached hydrogen (secondary N) is 1. The number of nitrogens with zero attached hydrogens (tertiary/aromatic N) is 1. The zero-order valence-corrected chi connectivity index (χ0v) is 17.6. The van der Waals surface area contributed by atoms with Crippen LogP contribution in [0.2, 0.25) is 0 Å². The van der Waals surface area contributed by atoms with E-state index in [4.69, 9.17) is 0 Å². The standard InChI is InChI=1S/C23H24F6N2O/c1-14-3-5-16(6-4-14)20-12-30-8-7-19(20)21(32)31(2)13-15-9-17(22(24,25)26)11-18(10-15)23(27,28)29/h3-6,9-11,19-20,30H,7-8,12-13H2,1-2H3/t19-,20-/m0/s1. The molecule has 0 bridgehead atoms. The highest BCUT2D eigenvalue weighted by atomic mass is 19.4. The lowest BCUT2D eigenvalue weighted by molar-refractivity contribution is -0.143. The summed E-state index contributed by atoms with van der Waals surface area (Å²) in [6.07, 6.45) is -9.33. The Morgan fingerprint density at radius 3 is 2.09 bits per heavy atom. The average molecular weight is 458 g/mol. The smallest absolute Gasteiger partial charge is 0.341 e. The molecule has 0 aliphatic carbocycles. The van der Waals surface area contributed by atoms with Gasteiger partial charge in [-0.15, -0.1) is 0 Å². The zero-order chi connectivity index (χ0) is 23.7. The van der Waals surface area contributed by atoms with E-state index in [0.29, 0.717) is 31.6 Å². The van der Waals surface area contributed by atoms with E-state index in [1.807, 2.05) is 31.2 Å². The van der Waals surface area contributed by atoms with Gasteiger partial charge in [-0.1, -0.05) is 29.8 Å². The summed E-state index contributed by atoms with van der Waals surface area (Å²) < 4.78 is 78.8. The summed E-state index contributed by atoms with van der Waals surface area (Å²) in [6.45, 7) is 2.77. The minimum Gasteiger partial charge on any atom is -0.341 e. The lowest BCUT2D eigenvalue weighted by Gasteiger charge is -2.34. The Labute approximate surface area is 182 Å². The fourth-order valence-corrected chi connectivity index (χ4v) is 4.06. The molecule has 1 heterocycles. The van der Waals surface area contributed by atoms with Crippen LogP contribution in [0.5, 0.6) is 0 Å². The topological polar surface area (TPSA) is 32.3 Å². The fraction of sp³-hybridized carbons (Fsp3) is 0.435. The molecule has 1 aliphatic rings. The summed E-state index contributed by atoms with van der Waals surface area (Å²) in [7, 11) is 1.41. The monoisotopic (exact) mass is 458 g/mol. The van der Waals surface area contributed by atoms with E-state index in [1.165, 1.54) is 11.9 Å². The third-order valence-electron chi connectivity index (χ3n) is 5.75. The number of carbonyl (C=O) groups is 1. The highest BCUT2D eigenvalue weighted by Gasteiger charge is 2.38. The molecule has 0 unspecified atom stereocenters. The highest BCUT2D eigenvalue weighted by Crippen LogP contribution is 2.37. The van der Waals surface area contributed by atoms with Crippen LogP contribution in [0.4, 0.5) is 26.3 Å². The fourth-order valence-electron chi connectivity index (χ4n) is 4.06. The molecule has 1 amide bonds. The van der Waals surface area contributed by atoms with Gasteiger partial charge in [0.1, 0.15) is 0 Å². The van der Waals surface area contributed by atoms with E-state index in [2.05, 4.69) is 5.32 Å². The zero-order valence-electron chi connectivity index (χ0n) is 17.6. The van der Waals surface area contributed by atoms with Crippen molar-refractivity contribution in [2.75, 3.05) is 20.1 Å². The Balaban J connectivity index is 1.84. The molecule has 174 valence electrons. The largest absolute Gasteiger partial charge is 0.416 e. The number of halogens is 6. The van der Waals surface area contributed by atoms with E-state index in [-0.39, 0.29) is 30.0 Å². The third-order valence-corrected chi connectivity index (χ3v) is 5.75. The normalized spacial score (nSPS) is 19.6. The summed E-state index contributed by atoms with van der Waals surface area (Å²) in [5, 5.41) is 3.25. The molecule has 2 aromatic carbocycles. The number of hydrogen-bond acceptors (Lipinski definition) is 2. The predicted molar refractivity (Wildman–Crippen MR) is 108 cm³/mol. The highest BCUT2D eigenvalue weighted by molar-refractivity contribution is 5.80. The van der Waals surface area contributed by atoms with Gasteiger partial charge < -0.3 is 10.2 Å². The molecule has 0 saturated carbocycles. The van der Waals surface area contributed by atoms with E-state index in [0.717, 1.165) is 11.1 Å². The number of hydrogen-bond donors (Lipinski definition) is 1. The first kappa shape index (κ1) is 24.1. The van der Waals surface area contributed by atoms with Gasteiger partial charge in [-0.05, 0) is 49.2 Å². The average Bonchev–Trinajstić information content (AvgIpc) is 2.72. The number of amides is 1. The molecule has 3 nitrogen and oxygen atoms in total. The van der Waals surface area contributed by atoms with Crippen LogP contribution in [0, 0.1) is 12.8 Å². The minimum absolute atomic E-state index is 0.0888. The number of rotatable bonds is 4. The molecule has 1 saturated heterocycles. The first-order chi connectivity index (χ1) is 14.9. The summed E-state index contributed by atoms with van der Waals surface area (Å²) in [4.78, 5) is 14.4. The molecule has 0 aromatic heterocycles. The quantitative estimate of drug-likeness (QED) is 0.624. The second-order valence-electron chi connectivity index (χ2n) is 8.22. The van der Waals surface area contributed by atoms with Crippen LogP contribution in [-0.2, 0) is 23.7 Å². The van der Waals surface area contributed by atoms with Crippen LogP contribution in [-0.4, -0.2) is 30.9 Å². The van der Waals surface area contributed by atoms with Crippen LogP contribution in [0.3, 0.4) is 0 Å². The van der Waals surface area contributed by atoms with Crippen molar-refractivity contribution in [2.24, 2.45) is 5.92 Å². The van der Waals surface area contributed by atoms with Crippen molar-refractivity contribution in [1.29, 1.82) is 0 Å². The van der Waals surface area contributed by atoms with Gasteiger partial charge >= 0.3 is 12.4 Å². The molecule has 3 rings (SSSR count). The maximum atomic E-state index is 13.2. The molecule has 9 heteroatoms. The van der Waals surface area contributed by atoms with Crippen molar-refractivity contribution in [1.82, 2.24) is 10.2 Å². The van der Waals surface area contributed by atoms with Crippen LogP contribution >= 0.6 is 0 Å². The summed E-state index contributed by atoms with van der Waals surface area (Å²) in [5.41, 5.74) is -0.954. The van der Waals surface area contributed by atoms with Gasteiger partial charge in [-0.3, -0.25) is 4.79 Å². The summed E-state index contributed by atoms with van der Waals surface area (Å²) in [6, 6.07) is 9.18. The van der Waals surface area contributed by atoms with Crippen LogP contribution in [0.1, 0.15) is 40.2 Å². The molecule has 32 heavy (non-hydrogen) atoms. The van der Waals surface area contributed by atoms with Crippen molar-refractivity contribution in [2.45, 2.75) is 38.2 Å². The molecule has 1 N–H and O–H groups in total. The van der Waals surface area contributed by atoms with Crippen LogP contribution in [0.15, 0.2) is 42.5 Å². The molecule has 0 radical (unpaired) electrons. The van der Waals surface area contributed by atoms with Crippen LogP contribution < -0.4 is 5.32 Å². The van der Waals surface area contributed by atoms with Crippen LogP contribution in [0.25, 0.3) is 0 Å². The number of piperidine rings is 1. The van der Waals surface area contributed by atoms with Gasteiger partial charge in [0.2, 0.25) is 5.91 Å². The van der Waals surface area contributed by atoms with Gasteiger partial charge in [0.25, 0.3) is 0 Å². The Morgan fingerprint density at radius 2 is 1.56 bits per heavy atom. The lowest BCUT2D eigenvalue weighted by atomic mass is 9.80. The Morgan fingerprint density at radius 1 is 1.00 bits per heavy atom. The van der Waals surface area contributed by atoms with Gasteiger partial charge in [-0.25, -0.2) is 0 Å². The second-order valence-corrected chi connectivity index (χ2v) is 8.22. The lowest BCUT2D eigenvalue weighted by Crippen LogP contribution is -2.43. The molecule has 0 spiro atoms. The molecular formula is C23H24F6N2O. The SMILES string of the molecule is Cc1ccc([C@@H]2CNCC[C@@H]2C(=O)N(C)Cc2cc(C(F)(F)F)cc(C(F)(F)F)c2)cc1. The van der Waals surface area contributed by atoms with Gasteiger partial charge in [0, 0.05) is 32.0 Å². The van der Waals surface area contributed by atoms with E-state index in [9.17, 15) is 31.1 Å².